The number of aromatic amines is 1. The minimum atomic E-state index is -0.215. The van der Waals surface area contributed by atoms with Crippen LogP contribution in [-0.4, -0.2) is 52.7 Å². The summed E-state index contributed by atoms with van der Waals surface area (Å²) in [5.74, 6) is 2.05. The Morgan fingerprint density at radius 2 is 1.89 bits per heavy atom. The number of benzene rings is 2. The number of amides is 1. The average molecular weight is 482 g/mol. The van der Waals surface area contributed by atoms with E-state index in [1.54, 1.807) is 6.20 Å². The maximum atomic E-state index is 13.9. The van der Waals surface area contributed by atoms with E-state index < -0.39 is 0 Å². The molecule has 1 fully saturated rings. The number of carbonyl (C=O) groups excluding carboxylic acids is 1. The van der Waals surface area contributed by atoms with E-state index in [9.17, 15) is 4.79 Å². The van der Waals surface area contributed by atoms with Gasteiger partial charge >= 0.3 is 0 Å². The Morgan fingerprint density at radius 1 is 1.03 bits per heavy atom. The molecule has 0 unspecified atom stereocenters. The number of fused-ring (bicyclic) bond motifs is 7. The van der Waals surface area contributed by atoms with Gasteiger partial charge in [0.15, 0.2) is 11.5 Å². The first-order valence-corrected chi connectivity index (χ1v) is 12.6. The van der Waals surface area contributed by atoms with Crippen LogP contribution in [0.3, 0.4) is 0 Å². The van der Waals surface area contributed by atoms with Gasteiger partial charge in [0, 0.05) is 52.8 Å². The van der Waals surface area contributed by atoms with Gasteiger partial charge in [-0.25, -0.2) is 4.98 Å². The molecule has 0 saturated carbocycles. The highest BCUT2D eigenvalue weighted by atomic mass is 16.5. The van der Waals surface area contributed by atoms with Gasteiger partial charge in [0.1, 0.15) is 6.10 Å². The number of piperidine rings is 1. The number of carbonyl (C=O) groups is 1. The summed E-state index contributed by atoms with van der Waals surface area (Å²) in [5.41, 5.74) is 4.26. The van der Waals surface area contributed by atoms with Crippen molar-refractivity contribution in [1.82, 2.24) is 14.9 Å². The first-order chi connectivity index (χ1) is 17.7. The van der Waals surface area contributed by atoms with Crippen LogP contribution in [0.15, 0.2) is 66.9 Å². The molecule has 0 radical (unpaired) electrons. The van der Waals surface area contributed by atoms with Crippen molar-refractivity contribution in [2.24, 2.45) is 0 Å². The lowest BCUT2D eigenvalue weighted by Crippen LogP contribution is -2.56. The molecule has 3 atom stereocenters. The minimum Gasteiger partial charge on any atom is -0.490 e. The van der Waals surface area contributed by atoms with E-state index in [-0.39, 0.29) is 24.0 Å². The lowest BCUT2D eigenvalue weighted by molar-refractivity contribution is 0.0192. The standard InChI is InChI=1S/C29H27N3O4/c33-29(18-9-10-24-25(14-18)35-13-5-12-34-24)32-17-26(36-27-8-3-4-11-30-27)22-16-19(32)15-21-20-6-1-2-7-23(20)31-28(21)22/h1-4,6-11,14,19,22,26,31H,5,12-13,15-17H2/t19-,22+,26-/m0/s1. The van der Waals surface area contributed by atoms with E-state index in [2.05, 4.69) is 34.2 Å². The molecule has 7 nitrogen and oxygen atoms in total. The molecule has 7 heteroatoms. The predicted molar refractivity (Wildman–Crippen MR) is 135 cm³/mol. The van der Waals surface area contributed by atoms with E-state index >= 15 is 0 Å². The SMILES string of the molecule is O=C(c1ccc2c(c1)OCCCO2)N1C[C@H](Oc2ccccn2)[C@H]2C[C@@H]1Cc1c2[nH]c2ccccc12. The number of aromatic nitrogens is 2. The maximum Gasteiger partial charge on any atom is 0.254 e. The molecule has 7 rings (SSSR count). The van der Waals surface area contributed by atoms with Crippen molar-refractivity contribution < 1.29 is 19.0 Å². The average Bonchev–Trinajstić information content (AvgIpc) is 3.12. The quantitative estimate of drug-likeness (QED) is 0.458. The van der Waals surface area contributed by atoms with Gasteiger partial charge in [0.05, 0.1) is 19.8 Å². The lowest BCUT2D eigenvalue weighted by atomic mass is 9.76. The summed E-state index contributed by atoms with van der Waals surface area (Å²) in [5, 5.41) is 1.23. The first kappa shape index (κ1) is 21.3. The van der Waals surface area contributed by atoms with E-state index in [1.165, 1.54) is 16.6 Å². The van der Waals surface area contributed by atoms with Crippen molar-refractivity contribution in [1.29, 1.82) is 0 Å². The summed E-state index contributed by atoms with van der Waals surface area (Å²) in [6.45, 7) is 1.70. The Kier molecular flexibility index (Phi) is 5.08. The number of nitrogens with one attached hydrogen (secondary N) is 1. The molecule has 4 heterocycles. The van der Waals surface area contributed by atoms with Crippen molar-refractivity contribution in [3.8, 4) is 17.4 Å². The first-order valence-electron chi connectivity index (χ1n) is 12.6. The van der Waals surface area contributed by atoms with Crippen LogP contribution < -0.4 is 14.2 Å². The van der Waals surface area contributed by atoms with Crippen LogP contribution >= 0.6 is 0 Å². The third kappa shape index (κ3) is 3.58. The molecule has 0 spiro atoms. The molecule has 2 aromatic heterocycles. The highest BCUT2D eigenvalue weighted by molar-refractivity contribution is 5.95. The molecular formula is C29H27N3O4. The molecule has 1 aliphatic carbocycles. The molecule has 1 saturated heterocycles. The Balaban J connectivity index is 1.26. The topological polar surface area (TPSA) is 76.7 Å². The van der Waals surface area contributed by atoms with Crippen LogP contribution in [0.5, 0.6) is 17.4 Å². The van der Waals surface area contributed by atoms with E-state index in [0.29, 0.717) is 42.7 Å². The highest BCUT2D eigenvalue weighted by Crippen LogP contribution is 2.44. The zero-order chi connectivity index (χ0) is 24.1. The smallest absolute Gasteiger partial charge is 0.254 e. The molecule has 2 aliphatic heterocycles. The molecule has 36 heavy (non-hydrogen) atoms. The van der Waals surface area contributed by atoms with Gasteiger partial charge in [0.2, 0.25) is 5.88 Å². The fraction of sp³-hybridized carbons (Fsp3) is 0.310. The zero-order valence-corrected chi connectivity index (χ0v) is 19.9. The normalized spacial score (nSPS) is 22.6. The number of ether oxygens (including phenoxy) is 3. The second-order valence-corrected chi connectivity index (χ2v) is 9.76. The van der Waals surface area contributed by atoms with Crippen molar-refractivity contribution >= 4 is 16.8 Å². The lowest BCUT2D eigenvalue weighted by Gasteiger charge is -2.46. The zero-order valence-electron chi connectivity index (χ0n) is 19.9. The number of nitrogens with zero attached hydrogens (tertiary/aromatic N) is 2. The van der Waals surface area contributed by atoms with E-state index in [1.807, 2.05) is 41.3 Å². The van der Waals surface area contributed by atoms with Crippen LogP contribution in [0.25, 0.3) is 10.9 Å². The van der Waals surface area contributed by atoms with Gasteiger partial charge in [-0.15, -0.1) is 0 Å². The molecule has 2 bridgehead atoms. The minimum absolute atomic E-state index is 0.00740. The van der Waals surface area contributed by atoms with Crippen LogP contribution in [0.2, 0.25) is 0 Å². The van der Waals surface area contributed by atoms with Crippen molar-refractivity contribution in [3.05, 3.63) is 83.7 Å². The van der Waals surface area contributed by atoms with Gasteiger partial charge < -0.3 is 24.1 Å². The van der Waals surface area contributed by atoms with Crippen molar-refractivity contribution in [3.63, 3.8) is 0 Å². The molecule has 3 aliphatic rings. The summed E-state index contributed by atoms with van der Waals surface area (Å²) in [4.78, 5) is 24.0. The Bertz CT molecular complexity index is 1430. The third-order valence-electron chi connectivity index (χ3n) is 7.61. The summed E-state index contributed by atoms with van der Waals surface area (Å²) in [6.07, 6.45) is 4.01. The maximum absolute atomic E-state index is 13.9. The number of hydrogen-bond acceptors (Lipinski definition) is 5. The number of para-hydroxylation sites is 1. The molecular weight excluding hydrogens is 454 g/mol. The molecule has 182 valence electrons. The number of H-pyrrole nitrogens is 1. The molecule has 1 amide bonds. The van der Waals surface area contributed by atoms with E-state index in [4.69, 9.17) is 14.2 Å². The predicted octanol–water partition coefficient (Wildman–Crippen LogP) is 4.73. The van der Waals surface area contributed by atoms with Crippen molar-refractivity contribution in [2.75, 3.05) is 19.8 Å². The van der Waals surface area contributed by atoms with Gasteiger partial charge in [-0.05, 0) is 48.7 Å². The fourth-order valence-corrected chi connectivity index (χ4v) is 5.93. The van der Waals surface area contributed by atoms with Gasteiger partial charge in [-0.2, -0.15) is 0 Å². The summed E-state index contributed by atoms with van der Waals surface area (Å²) in [6, 6.07) is 19.7. The second kappa shape index (κ2) is 8.59. The Labute approximate surface area is 209 Å². The van der Waals surface area contributed by atoms with Crippen LogP contribution in [0, 0.1) is 0 Å². The number of likely N-dealkylation sites (tertiary alicyclic amines) is 1. The van der Waals surface area contributed by atoms with Crippen LogP contribution in [0.1, 0.15) is 40.4 Å². The number of pyridine rings is 1. The Morgan fingerprint density at radius 3 is 2.78 bits per heavy atom. The molecule has 2 aromatic carbocycles. The van der Waals surface area contributed by atoms with Crippen LogP contribution in [0.4, 0.5) is 0 Å². The fourth-order valence-electron chi connectivity index (χ4n) is 5.93. The monoisotopic (exact) mass is 481 g/mol. The summed E-state index contributed by atoms with van der Waals surface area (Å²) in [7, 11) is 0. The molecule has 1 N–H and O–H groups in total. The van der Waals surface area contributed by atoms with Crippen LogP contribution in [-0.2, 0) is 6.42 Å². The second-order valence-electron chi connectivity index (χ2n) is 9.76. The summed E-state index contributed by atoms with van der Waals surface area (Å²) < 4.78 is 18.1. The largest absolute Gasteiger partial charge is 0.490 e. The molecule has 4 aromatic rings. The van der Waals surface area contributed by atoms with Gasteiger partial charge in [-0.3, -0.25) is 4.79 Å². The highest BCUT2D eigenvalue weighted by Gasteiger charge is 2.45. The Hall–Kier alpha value is -4.00. The number of rotatable bonds is 3. The van der Waals surface area contributed by atoms with E-state index in [0.717, 1.165) is 24.8 Å². The summed E-state index contributed by atoms with van der Waals surface area (Å²) >= 11 is 0. The van der Waals surface area contributed by atoms with Gasteiger partial charge in [-0.1, -0.05) is 24.3 Å². The number of hydrogen-bond donors (Lipinski definition) is 1. The van der Waals surface area contributed by atoms with Crippen molar-refractivity contribution in [2.45, 2.75) is 37.3 Å². The van der Waals surface area contributed by atoms with Gasteiger partial charge in [0.25, 0.3) is 5.91 Å². The third-order valence-corrected chi connectivity index (χ3v) is 7.61.